The lowest BCUT2D eigenvalue weighted by molar-refractivity contribution is 0.567. The van der Waals surface area contributed by atoms with E-state index in [4.69, 9.17) is 0 Å². The first-order chi connectivity index (χ1) is 10.9. The molecule has 24 heavy (non-hydrogen) atoms. The van der Waals surface area contributed by atoms with Crippen LogP contribution in [-0.2, 0) is 17.3 Å². The number of hydrogen-bond acceptors (Lipinski definition) is 0. The molecule has 2 aromatic carbocycles. The second-order valence-electron chi connectivity index (χ2n) is 9.47. The largest absolute Gasteiger partial charge is 0.0561 e. The molecular formula is C24H34. The van der Waals surface area contributed by atoms with Crippen LogP contribution >= 0.6 is 0 Å². The summed E-state index contributed by atoms with van der Waals surface area (Å²) < 4.78 is 0. The molecule has 0 saturated carbocycles. The Morgan fingerprint density at radius 3 is 1.42 bits per heavy atom. The number of benzene rings is 2. The summed E-state index contributed by atoms with van der Waals surface area (Å²) in [6.45, 7) is 20.5. The van der Waals surface area contributed by atoms with Crippen molar-refractivity contribution < 1.29 is 0 Å². The van der Waals surface area contributed by atoms with E-state index in [1.807, 2.05) is 0 Å². The predicted octanol–water partition coefficient (Wildman–Crippen LogP) is 6.80. The van der Waals surface area contributed by atoms with E-state index in [0.29, 0.717) is 0 Å². The van der Waals surface area contributed by atoms with E-state index in [-0.39, 0.29) is 10.8 Å². The zero-order valence-corrected chi connectivity index (χ0v) is 17.1. The number of hydrogen-bond donors (Lipinski definition) is 0. The molecule has 0 unspecified atom stereocenters. The van der Waals surface area contributed by atoms with Crippen molar-refractivity contribution in [3.63, 3.8) is 0 Å². The van der Waals surface area contributed by atoms with Crippen LogP contribution in [0.5, 0.6) is 0 Å². The summed E-state index contributed by atoms with van der Waals surface area (Å²) >= 11 is 0. The molecular weight excluding hydrogens is 288 g/mol. The quantitative estimate of drug-likeness (QED) is 0.570. The third-order valence-electron chi connectivity index (χ3n) is 4.95. The first kappa shape index (κ1) is 18.8. The average Bonchev–Trinajstić information content (AvgIpc) is 2.40. The van der Waals surface area contributed by atoms with Gasteiger partial charge in [-0.3, -0.25) is 0 Å². The van der Waals surface area contributed by atoms with Gasteiger partial charge in [0.05, 0.1) is 0 Å². The van der Waals surface area contributed by atoms with E-state index in [1.54, 1.807) is 0 Å². The second-order valence-corrected chi connectivity index (χ2v) is 9.47. The van der Waals surface area contributed by atoms with Crippen molar-refractivity contribution >= 4 is 0 Å². The van der Waals surface area contributed by atoms with E-state index in [9.17, 15) is 0 Å². The van der Waals surface area contributed by atoms with Gasteiger partial charge in [-0.05, 0) is 71.4 Å². The maximum absolute atomic E-state index is 2.41. The maximum atomic E-state index is 2.41. The van der Waals surface area contributed by atoms with Crippen molar-refractivity contribution in [3.8, 4) is 0 Å². The minimum absolute atomic E-state index is 0.174. The Morgan fingerprint density at radius 1 is 0.625 bits per heavy atom. The lowest BCUT2D eigenvalue weighted by Crippen LogP contribution is -2.17. The van der Waals surface area contributed by atoms with Crippen LogP contribution in [0.2, 0.25) is 0 Å². The molecule has 0 aliphatic rings. The summed E-state index contributed by atoms with van der Waals surface area (Å²) in [5, 5.41) is 0. The summed E-state index contributed by atoms with van der Waals surface area (Å²) in [5.41, 5.74) is 10.3. The third-order valence-corrected chi connectivity index (χ3v) is 4.95. The molecule has 2 aromatic rings. The van der Waals surface area contributed by atoms with Gasteiger partial charge >= 0.3 is 0 Å². The summed E-state index contributed by atoms with van der Waals surface area (Å²) in [5.74, 6) is 0. The molecule has 0 heterocycles. The highest BCUT2D eigenvalue weighted by Gasteiger charge is 2.20. The van der Waals surface area contributed by atoms with Crippen LogP contribution in [-0.4, -0.2) is 0 Å². The van der Waals surface area contributed by atoms with Gasteiger partial charge in [0.15, 0.2) is 0 Å². The van der Waals surface area contributed by atoms with Gasteiger partial charge in [0, 0.05) is 0 Å². The standard InChI is InChI=1S/C24H34/c1-16-10-17(2)22(18(3)11-16)14-19-12-20(23(4,5)6)15-21(13-19)24(7,8)9/h10-13,15H,14H2,1-9H3. The molecule has 130 valence electrons. The van der Waals surface area contributed by atoms with E-state index in [0.717, 1.165) is 6.42 Å². The van der Waals surface area contributed by atoms with Crippen LogP contribution in [0.25, 0.3) is 0 Å². The van der Waals surface area contributed by atoms with Gasteiger partial charge in [-0.25, -0.2) is 0 Å². The first-order valence-corrected chi connectivity index (χ1v) is 9.09. The summed E-state index contributed by atoms with van der Waals surface area (Å²) in [6, 6.07) is 11.8. The fraction of sp³-hybridized carbons (Fsp3) is 0.500. The first-order valence-electron chi connectivity index (χ1n) is 9.09. The summed E-state index contributed by atoms with van der Waals surface area (Å²) in [6.07, 6.45) is 1.02. The topological polar surface area (TPSA) is 0 Å². The molecule has 0 heteroatoms. The molecule has 0 atom stereocenters. The molecule has 0 spiro atoms. The Kier molecular flexibility index (Phi) is 5.00. The van der Waals surface area contributed by atoms with E-state index in [1.165, 1.54) is 38.9 Å². The molecule has 0 amide bonds. The molecule has 0 aliphatic carbocycles. The normalized spacial score (nSPS) is 12.5. The summed E-state index contributed by atoms with van der Waals surface area (Å²) in [4.78, 5) is 0. The van der Waals surface area contributed by atoms with Crippen LogP contribution in [0, 0.1) is 20.8 Å². The molecule has 0 aliphatic heterocycles. The zero-order valence-electron chi connectivity index (χ0n) is 17.1. The van der Waals surface area contributed by atoms with Crippen molar-refractivity contribution in [2.45, 2.75) is 79.6 Å². The molecule has 0 nitrogen and oxygen atoms in total. The number of rotatable bonds is 2. The van der Waals surface area contributed by atoms with Gasteiger partial charge in [0.1, 0.15) is 0 Å². The fourth-order valence-electron chi connectivity index (χ4n) is 3.35. The minimum atomic E-state index is 0.174. The van der Waals surface area contributed by atoms with Crippen LogP contribution in [0.1, 0.15) is 80.5 Å². The molecule has 2 rings (SSSR count). The van der Waals surface area contributed by atoms with Crippen molar-refractivity contribution in [2.75, 3.05) is 0 Å². The van der Waals surface area contributed by atoms with Crippen molar-refractivity contribution in [2.24, 2.45) is 0 Å². The molecule has 0 N–H and O–H groups in total. The van der Waals surface area contributed by atoms with Gasteiger partial charge < -0.3 is 0 Å². The van der Waals surface area contributed by atoms with Crippen molar-refractivity contribution in [1.29, 1.82) is 0 Å². The van der Waals surface area contributed by atoms with Crippen LogP contribution in [0.3, 0.4) is 0 Å². The monoisotopic (exact) mass is 322 g/mol. The Morgan fingerprint density at radius 2 is 1.04 bits per heavy atom. The fourth-order valence-corrected chi connectivity index (χ4v) is 3.35. The predicted molar refractivity (Wildman–Crippen MR) is 107 cm³/mol. The average molecular weight is 323 g/mol. The Labute approximate surface area is 149 Å². The van der Waals surface area contributed by atoms with E-state index in [2.05, 4.69) is 92.6 Å². The molecule has 0 aromatic heterocycles. The number of aryl methyl sites for hydroxylation is 3. The lowest BCUT2D eigenvalue weighted by atomic mass is 9.78. The van der Waals surface area contributed by atoms with Gasteiger partial charge in [0.25, 0.3) is 0 Å². The van der Waals surface area contributed by atoms with Gasteiger partial charge in [-0.2, -0.15) is 0 Å². The van der Waals surface area contributed by atoms with Crippen molar-refractivity contribution in [3.05, 3.63) is 69.3 Å². The highest BCUT2D eigenvalue weighted by atomic mass is 14.3. The summed E-state index contributed by atoms with van der Waals surface area (Å²) in [7, 11) is 0. The highest BCUT2D eigenvalue weighted by Crippen LogP contribution is 2.31. The zero-order chi connectivity index (χ0) is 18.3. The Bertz CT molecular complexity index is 678. The smallest absolute Gasteiger partial charge is 0.00203 e. The Balaban J connectivity index is 2.55. The molecule has 0 radical (unpaired) electrons. The minimum Gasteiger partial charge on any atom is -0.0561 e. The van der Waals surface area contributed by atoms with Gasteiger partial charge in [0.2, 0.25) is 0 Å². The SMILES string of the molecule is Cc1cc(C)c(Cc2cc(C(C)(C)C)cc(C(C)(C)C)c2)c(C)c1. The molecule has 0 saturated heterocycles. The molecule has 0 bridgehead atoms. The van der Waals surface area contributed by atoms with Crippen LogP contribution in [0.15, 0.2) is 30.3 Å². The lowest BCUT2D eigenvalue weighted by Gasteiger charge is -2.26. The van der Waals surface area contributed by atoms with Crippen molar-refractivity contribution in [1.82, 2.24) is 0 Å². The van der Waals surface area contributed by atoms with Crippen LogP contribution < -0.4 is 0 Å². The maximum Gasteiger partial charge on any atom is -0.00203 e. The second kappa shape index (κ2) is 6.39. The Hall–Kier alpha value is -1.56. The highest BCUT2D eigenvalue weighted by molar-refractivity contribution is 5.44. The van der Waals surface area contributed by atoms with E-state index >= 15 is 0 Å². The molecule has 0 fully saturated rings. The van der Waals surface area contributed by atoms with Gasteiger partial charge in [-0.15, -0.1) is 0 Å². The van der Waals surface area contributed by atoms with Crippen LogP contribution in [0.4, 0.5) is 0 Å². The van der Waals surface area contributed by atoms with E-state index < -0.39 is 0 Å². The third kappa shape index (κ3) is 4.29. The van der Waals surface area contributed by atoms with Gasteiger partial charge in [-0.1, -0.05) is 77.4 Å².